The highest BCUT2D eigenvalue weighted by molar-refractivity contribution is 6.17. The molecule has 0 unspecified atom stereocenters. The first-order valence-electron chi connectivity index (χ1n) is 8.98. The molecule has 0 aliphatic heterocycles. The van der Waals surface area contributed by atoms with E-state index in [0.29, 0.717) is 32.9 Å². The zero-order valence-corrected chi connectivity index (χ0v) is 15.5. The van der Waals surface area contributed by atoms with Crippen LogP contribution in [0.15, 0.2) is 54.6 Å². The molecule has 0 saturated carbocycles. The van der Waals surface area contributed by atoms with Crippen LogP contribution in [0.1, 0.15) is 21.5 Å². The lowest BCUT2D eigenvalue weighted by Gasteiger charge is -2.15. The maximum absolute atomic E-state index is 12.8. The third kappa shape index (κ3) is 3.57. The molecule has 0 aliphatic rings. The summed E-state index contributed by atoms with van der Waals surface area (Å²) >= 11 is 0. The SMILES string of the molecule is NC(=O)c1cccc2c1c1[c]cc(CO)cc1n2Cc1ccccc1OC(F)(F)F. The number of fused-ring (bicyclic) bond motifs is 3. The molecule has 1 amide bonds. The molecule has 5 nitrogen and oxygen atoms in total. The zero-order chi connectivity index (χ0) is 21.5. The molecule has 0 spiro atoms. The smallest absolute Gasteiger partial charge is 0.405 e. The van der Waals surface area contributed by atoms with E-state index in [9.17, 15) is 23.1 Å². The summed E-state index contributed by atoms with van der Waals surface area (Å²) in [6.45, 7) is -0.193. The van der Waals surface area contributed by atoms with Gasteiger partial charge in [0.2, 0.25) is 5.91 Å². The number of halogens is 3. The van der Waals surface area contributed by atoms with E-state index in [-0.39, 0.29) is 24.5 Å². The van der Waals surface area contributed by atoms with E-state index in [1.807, 2.05) is 0 Å². The number of primary amides is 1. The Kier molecular flexibility index (Phi) is 4.87. The molecule has 1 aromatic heterocycles. The number of hydrogen-bond acceptors (Lipinski definition) is 3. The summed E-state index contributed by atoms with van der Waals surface area (Å²) in [5.74, 6) is -0.937. The Morgan fingerprint density at radius 1 is 1.13 bits per heavy atom. The van der Waals surface area contributed by atoms with E-state index in [4.69, 9.17) is 5.73 Å². The number of benzene rings is 3. The number of nitrogens with zero attached hydrogens (tertiary/aromatic N) is 1. The Balaban J connectivity index is 1.97. The highest BCUT2D eigenvalue weighted by Crippen LogP contribution is 2.34. The molecular weight excluding hydrogens is 397 g/mol. The molecule has 0 aliphatic carbocycles. The molecule has 0 atom stereocenters. The van der Waals surface area contributed by atoms with Crippen molar-refractivity contribution in [2.24, 2.45) is 5.73 Å². The monoisotopic (exact) mass is 413 g/mol. The van der Waals surface area contributed by atoms with Crippen molar-refractivity contribution >= 4 is 27.7 Å². The van der Waals surface area contributed by atoms with Gasteiger partial charge in [0.1, 0.15) is 5.75 Å². The van der Waals surface area contributed by atoms with Gasteiger partial charge in [0, 0.05) is 21.9 Å². The lowest BCUT2D eigenvalue weighted by atomic mass is 10.0. The number of aromatic nitrogens is 1. The van der Waals surface area contributed by atoms with E-state index in [2.05, 4.69) is 10.8 Å². The summed E-state index contributed by atoms with van der Waals surface area (Å²) in [6.07, 6.45) is -4.83. The van der Waals surface area contributed by atoms with Crippen molar-refractivity contribution in [1.82, 2.24) is 4.57 Å². The van der Waals surface area contributed by atoms with Gasteiger partial charge >= 0.3 is 6.36 Å². The first-order chi connectivity index (χ1) is 14.3. The normalized spacial score (nSPS) is 11.9. The molecule has 30 heavy (non-hydrogen) atoms. The Morgan fingerprint density at radius 2 is 1.90 bits per heavy atom. The van der Waals surface area contributed by atoms with Crippen LogP contribution in [0, 0.1) is 6.07 Å². The molecule has 8 heteroatoms. The molecule has 4 rings (SSSR count). The van der Waals surface area contributed by atoms with Gasteiger partial charge in [-0.15, -0.1) is 13.2 Å². The number of nitrogens with two attached hydrogens (primary N) is 1. The van der Waals surface area contributed by atoms with Crippen LogP contribution in [0.2, 0.25) is 0 Å². The summed E-state index contributed by atoms with van der Waals surface area (Å²) in [5.41, 5.74) is 7.90. The Hall–Kier alpha value is -3.52. The summed E-state index contributed by atoms with van der Waals surface area (Å²) in [5, 5.41) is 10.7. The first-order valence-corrected chi connectivity index (χ1v) is 8.98. The molecule has 0 fully saturated rings. The van der Waals surface area contributed by atoms with Crippen LogP contribution in [0.4, 0.5) is 13.2 Å². The van der Waals surface area contributed by atoms with Crippen molar-refractivity contribution in [3.63, 3.8) is 0 Å². The lowest BCUT2D eigenvalue weighted by Crippen LogP contribution is -2.18. The highest BCUT2D eigenvalue weighted by Gasteiger charge is 2.32. The second-order valence-electron chi connectivity index (χ2n) is 6.73. The Labute approximate surface area is 169 Å². The van der Waals surface area contributed by atoms with Crippen molar-refractivity contribution < 1.29 is 27.8 Å². The minimum Gasteiger partial charge on any atom is -0.405 e. The van der Waals surface area contributed by atoms with E-state index in [1.165, 1.54) is 18.2 Å². The maximum atomic E-state index is 12.8. The van der Waals surface area contributed by atoms with Gasteiger partial charge in [-0.2, -0.15) is 0 Å². The average Bonchev–Trinajstić information content (AvgIpc) is 3.01. The van der Waals surface area contributed by atoms with Crippen molar-refractivity contribution in [1.29, 1.82) is 0 Å². The number of aliphatic hydroxyl groups is 1. The van der Waals surface area contributed by atoms with Crippen molar-refractivity contribution in [3.05, 3.63) is 77.4 Å². The van der Waals surface area contributed by atoms with E-state index >= 15 is 0 Å². The fourth-order valence-electron chi connectivity index (χ4n) is 3.59. The lowest BCUT2D eigenvalue weighted by molar-refractivity contribution is -0.274. The topological polar surface area (TPSA) is 77.5 Å². The third-order valence-electron chi connectivity index (χ3n) is 4.83. The standard InChI is InChI=1S/C22H16F3N2O3/c23-22(24,25)30-19-7-2-1-4-14(19)11-27-17-6-3-5-16(21(26)29)20(17)15-9-8-13(12-28)10-18(15)27/h1-8,10,28H,11-12H2,(H2,26,29). The number of ether oxygens (including phenoxy) is 1. The summed E-state index contributed by atoms with van der Waals surface area (Å²) in [6, 6.07) is 17.2. The molecule has 0 bridgehead atoms. The number of hydrogen-bond donors (Lipinski definition) is 2. The van der Waals surface area contributed by atoms with Crippen LogP contribution < -0.4 is 10.5 Å². The van der Waals surface area contributed by atoms with Gasteiger partial charge in [-0.1, -0.05) is 24.3 Å². The van der Waals surface area contributed by atoms with Gasteiger partial charge in [0.25, 0.3) is 0 Å². The van der Waals surface area contributed by atoms with Gasteiger partial charge in [-0.3, -0.25) is 4.79 Å². The number of carbonyl (C=O) groups excluding carboxylic acids is 1. The average molecular weight is 413 g/mol. The quantitative estimate of drug-likeness (QED) is 0.516. The molecule has 0 saturated heterocycles. The second kappa shape index (κ2) is 7.38. The fourth-order valence-corrected chi connectivity index (χ4v) is 3.59. The number of alkyl halides is 3. The van der Waals surface area contributed by atoms with Crippen LogP contribution >= 0.6 is 0 Å². The number of carbonyl (C=O) groups is 1. The van der Waals surface area contributed by atoms with Crippen LogP contribution in [0.3, 0.4) is 0 Å². The molecule has 3 N–H and O–H groups in total. The van der Waals surface area contributed by atoms with Crippen LogP contribution in [0.5, 0.6) is 5.75 Å². The highest BCUT2D eigenvalue weighted by atomic mass is 19.4. The third-order valence-corrected chi connectivity index (χ3v) is 4.83. The second-order valence-corrected chi connectivity index (χ2v) is 6.73. The van der Waals surface area contributed by atoms with Gasteiger partial charge in [-0.05, 0) is 42.0 Å². The van der Waals surface area contributed by atoms with Gasteiger partial charge < -0.3 is 20.1 Å². The predicted octanol–water partition coefficient (Wildman–Crippen LogP) is 4.13. The Morgan fingerprint density at radius 3 is 2.60 bits per heavy atom. The summed E-state index contributed by atoms with van der Waals surface area (Å²) in [7, 11) is 0. The maximum Gasteiger partial charge on any atom is 0.573 e. The van der Waals surface area contributed by atoms with Gasteiger partial charge in [-0.25, -0.2) is 0 Å². The van der Waals surface area contributed by atoms with Crippen molar-refractivity contribution in [2.75, 3.05) is 0 Å². The number of aliphatic hydroxyl groups excluding tert-OH is 1. The van der Waals surface area contributed by atoms with E-state index in [0.717, 1.165) is 0 Å². The Bertz CT molecular complexity index is 1260. The van der Waals surface area contributed by atoms with Crippen molar-refractivity contribution in [3.8, 4) is 5.75 Å². The minimum absolute atomic E-state index is 0.0389. The van der Waals surface area contributed by atoms with Crippen LogP contribution in [-0.4, -0.2) is 21.9 Å². The largest absolute Gasteiger partial charge is 0.573 e. The summed E-state index contributed by atoms with van der Waals surface area (Å²) in [4.78, 5) is 12.0. The summed E-state index contributed by atoms with van der Waals surface area (Å²) < 4.78 is 44.4. The van der Waals surface area contributed by atoms with Crippen molar-refractivity contribution in [2.45, 2.75) is 19.5 Å². The molecule has 3 aromatic carbocycles. The zero-order valence-electron chi connectivity index (χ0n) is 15.5. The van der Waals surface area contributed by atoms with Gasteiger partial charge in [0.05, 0.1) is 24.2 Å². The molecule has 1 radical (unpaired) electrons. The number of amides is 1. The van der Waals surface area contributed by atoms with Crippen LogP contribution in [0.25, 0.3) is 21.8 Å². The predicted molar refractivity (Wildman–Crippen MR) is 105 cm³/mol. The minimum atomic E-state index is -4.83. The number of para-hydroxylation sites is 1. The van der Waals surface area contributed by atoms with Gasteiger partial charge in [0.15, 0.2) is 0 Å². The van der Waals surface area contributed by atoms with E-state index < -0.39 is 12.3 Å². The molecular formula is C22H16F3N2O3. The van der Waals surface area contributed by atoms with Crippen LogP contribution in [-0.2, 0) is 13.2 Å². The first kappa shape index (κ1) is 19.8. The molecule has 4 aromatic rings. The molecule has 153 valence electrons. The van der Waals surface area contributed by atoms with E-state index in [1.54, 1.807) is 41.0 Å². The molecule has 1 heterocycles. The number of rotatable bonds is 5. The fraction of sp³-hybridized carbons (Fsp3) is 0.136.